The van der Waals surface area contributed by atoms with Crippen molar-refractivity contribution in [3.05, 3.63) is 58.0 Å². The molecular weight excluding hydrogens is 350 g/mol. The molecule has 26 heavy (non-hydrogen) atoms. The van der Waals surface area contributed by atoms with Crippen LogP contribution in [0.4, 0.5) is 0 Å². The highest BCUT2D eigenvalue weighted by Gasteiger charge is 2.29. The molecule has 3 aromatic rings. The van der Waals surface area contributed by atoms with Crippen LogP contribution in [0.3, 0.4) is 0 Å². The molecule has 2 aliphatic rings. The largest absolute Gasteiger partial charge is 0.350 e. The number of imidazole rings is 1. The van der Waals surface area contributed by atoms with E-state index in [-0.39, 0.29) is 11.8 Å². The average molecular weight is 368 g/mol. The number of hydrogen-bond donors (Lipinski definition) is 3. The van der Waals surface area contributed by atoms with Crippen molar-refractivity contribution in [2.45, 2.75) is 31.1 Å². The number of aromatic nitrogens is 4. The number of aromatic amines is 2. The molecule has 3 N–H and O–H groups in total. The topological polar surface area (TPSA) is 86.5 Å². The molecule has 1 aliphatic heterocycles. The minimum absolute atomic E-state index is 0.142. The van der Waals surface area contributed by atoms with Crippen molar-refractivity contribution < 1.29 is 4.79 Å². The first-order valence-corrected chi connectivity index (χ1v) is 9.23. The summed E-state index contributed by atoms with van der Waals surface area (Å²) in [6.45, 7) is 0.578. The van der Waals surface area contributed by atoms with Gasteiger partial charge in [-0.15, -0.1) is 0 Å². The molecule has 0 saturated heterocycles. The van der Waals surface area contributed by atoms with Crippen LogP contribution >= 0.6 is 11.6 Å². The van der Waals surface area contributed by atoms with Crippen molar-refractivity contribution in [3.63, 3.8) is 0 Å². The summed E-state index contributed by atoms with van der Waals surface area (Å²) in [6, 6.07) is 9.82. The van der Waals surface area contributed by atoms with Crippen LogP contribution in [-0.4, -0.2) is 32.6 Å². The number of fused-ring (bicyclic) bond motifs is 1. The zero-order valence-corrected chi connectivity index (χ0v) is 14.8. The van der Waals surface area contributed by atoms with Crippen molar-refractivity contribution in [3.8, 4) is 11.5 Å². The third-order valence-corrected chi connectivity index (χ3v) is 5.40. The van der Waals surface area contributed by atoms with Crippen LogP contribution in [0.5, 0.6) is 0 Å². The fourth-order valence-electron chi connectivity index (χ4n) is 3.52. The van der Waals surface area contributed by atoms with Crippen LogP contribution in [0.2, 0.25) is 5.02 Å². The molecule has 132 valence electrons. The first kappa shape index (κ1) is 15.6. The molecule has 0 radical (unpaired) electrons. The average Bonchev–Trinajstić information content (AvgIpc) is 3.26. The zero-order chi connectivity index (χ0) is 17.7. The van der Waals surface area contributed by atoms with Gasteiger partial charge < -0.3 is 10.3 Å². The number of carbonyl (C=O) groups excluding carboxylic acids is 1. The number of hydrogen-bond acceptors (Lipinski definition) is 3. The van der Waals surface area contributed by atoms with Crippen molar-refractivity contribution >= 4 is 17.5 Å². The SMILES string of the molecule is O=C1NC[C@@H](c2ccc(Cl)cc2)Cc2[nH]c(-c3cc(C4CC4)[nH]n3)nc21. The van der Waals surface area contributed by atoms with E-state index in [2.05, 4.69) is 25.5 Å². The van der Waals surface area contributed by atoms with Gasteiger partial charge in [0, 0.05) is 34.8 Å². The predicted molar refractivity (Wildman–Crippen MR) is 98.4 cm³/mol. The Balaban J connectivity index is 1.46. The highest BCUT2D eigenvalue weighted by Crippen LogP contribution is 2.39. The van der Waals surface area contributed by atoms with Crippen LogP contribution in [0.25, 0.3) is 11.5 Å². The molecule has 1 aromatic carbocycles. The lowest BCUT2D eigenvalue weighted by Gasteiger charge is -2.14. The minimum atomic E-state index is -0.142. The lowest BCUT2D eigenvalue weighted by molar-refractivity contribution is 0.0950. The van der Waals surface area contributed by atoms with Crippen molar-refractivity contribution in [1.29, 1.82) is 0 Å². The Hall–Kier alpha value is -2.60. The van der Waals surface area contributed by atoms with Crippen molar-refractivity contribution in [2.75, 3.05) is 6.54 Å². The van der Waals surface area contributed by atoms with E-state index in [4.69, 9.17) is 11.6 Å². The number of benzene rings is 1. The lowest BCUT2D eigenvalue weighted by Crippen LogP contribution is -2.26. The Bertz CT molecular complexity index is 970. The highest BCUT2D eigenvalue weighted by molar-refractivity contribution is 6.30. The normalized spacial score (nSPS) is 19.7. The van der Waals surface area contributed by atoms with Gasteiger partial charge in [-0.2, -0.15) is 5.10 Å². The third kappa shape index (κ3) is 2.80. The number of amides is 1. The molecule has 1 amide bonds. The summed E-state index contributed by atoms with van der Waals surface area (Å²) in [6.07, 6.45) is 3.13. The number of nitrogens with zero attached hydrogens (tertiary/aromatic N) is 2. The summed E-state index contributed by atoms with van der Waals surface area (Å²) in [5.74, 6) is 1.27. The number of nitrogens with one attached hydrogen (secondary N) is 3. The molecule has 6 nitrogen and oxygen atoms in total. The maximum atomic E-state index is 12.5. The molecule has 3 heterocycles. The maximum absolute atomic E-state index is 12.5. The predicted octanol–water partition coefficient (Wildman–Crippen LogP) is 3.40. The van der Waals surface area contributed by atoms with Crippen molar-refractivity contribution in [2.24, 2.45) is 0 Å². The highest BCUT2D eigenvalue weighted by atomic mass is 35.5. The lowest BCUT2D eigenvalue weighted by atomic mass is 9.94. The Morgan fingerprint density at radius 2 is 1.92 bits per heavy atom. The fourth-order valence-corrected chi connectivity index (χ4v) is 3.64. The molecule has 0 bridgehead atoms. The van der Waals surface area contributed by atoms with Gasteiger partial charge in [-0.3, -0.25) is 9.89 Å². The molecule has 0 spiro atoms. The summed E-state index contributed by atoms with van der Waals surface area (Å²) >= 11 is 5.99. The Kier molecular flexibility index (Phi) is 3.60. The second-order valence-corrected chi connectivity index (χ2v) is 7.49. The van der Waals surface area contributed by atoms with Gasteiger partial charge in [0.25, 0.3) is 5.91 Å². The second kappa shape index (κ2) is 5.99. The Labute approximate surface area is 155 Å². The summed E-state index contributed by atoms with van der Waals surface area (Å²) in [7, 11) is 0. The smallest absolute Gasteiger partial charge is 0.271 e. The quantitative estimate of drug-likeness (QED) is 0.663. The number of carbonyl (C=O) groups is 1. The van der Waals surface area contributed by atoms with Gasteiger partial charge in [0.05, 0.1) is 0 Å². The van der Waals surface area contributed by atoms with Crippen LogP contribution in [0, 0.1) is 0 Å². The van der Waals surface area contributed by atoms with Crippen molar-refractivity contribution in [1.82, 2.24) is 25.5 Å². The van der Waals surface area contributed by atoms with Gasteiger partial charge in [-0.25, -0.2) is 4.98 Å². The van der Waals surface area contributed by atoms with E-state index in [9.17, 15) is 4.79 Å². The van der Waals surface area contributed by atoms with Crippen LogP contribution in [0.1, 0.15) is 52.1 Å². The van der Waals surface area contributed by atoms with E-state index in [0.29, 0.717) is 35.4 Å². The van der Waals surface area contributed by atoms with E-state index in [1.165, 1.54) is 12.8 Å². The third-order valence-electron chi connectivity index (χ3n) is 5.15. The van der Waals surface area contributed by atoms with Gasteiger partial charge in [-0.05, 0) is 43.0 Å². The van der Waals surface area contributed by atoms with Gasteiger partial charge in [0.2, 0.25) is 0 Å². The number of halogens is 1. The van der Waals surface area contributed by atoms with E-state index in [1.54, 1.807) is 0 Å². The minimum Gasteiger partial charge on any atom is -0.350 e. The monoisotopic (exact) mass is 367 g/mol. The molecule has 0 unspecified atom stereocenters. The summed E-state index contributed by atoms with van der Waals surface area (Å²) in [4.78, 5) is 20.3. The van der Waals surface area contributed by atoms with E-state index in [0.717, 1.165) is 22.6 Å². The molecule has 1 aliphatic carbocycles. The van der Waals surface area contributed by atoms with E-state index >= 15 is 0 Å². The molecule has 7 heteroatoms. The molecule has 5 rings (SSSR count). The molecule has 1 saturated carbocycles. The van der Waals surface area contributed by atoms with Crippen LogP contribution < -0.4 is 5.32 Å². The standard InChI is InChI=1S/C19H18ClN5O/c20-13-5-3-10(4-6-13)12-7-15-17(19(26)21-9-12)23-18(22-15)16-8-14(24-25-16)11-1-2-11/h3-6,8,11-12H,1-2,7,9H2,(H,21,26)(H,22,23)(H,24,25)/t12-/m0/s1. The molecule has 1 atom stereocenters. The summed E-state index contributed by atoms with van der Waals surface area (Å²) in [5.41, 5.74) is 4.37. The first-order valence-electron chi connectivity index (χ1n) is 8.85. The van der Waals surface area contributed by atoms with Crippen LogP contribution in [-0.2, 0) is 6.42 Å². The first-order chi connectivity index (χ1) is 12.7. The zero-order valence-electron chi connectivity index (χ0n) is 14.1. The van der Waals surface area contributed by atoms with Gasteiger partial charge >= 0.3 is 0 Å². The maximum Gasteiger partial charge on any atom is 0.271 e. The Morgan fingerprint density at radius 1 is 1.12 bits per heavy atom. The van der Waals surface area contributed by atoms with Crippen LogP contribution in [0.15, 0.2) is 30.3 Å². The summed E-state index contributed by atoms with van der Waals surface area (Å²) in [5, 5.41) is 11.1. The second-order valence-electron chi connectivity index (χ2n) is 7.06. The number of H-pyrrole nitrogens is 2. The number of rotatable bonds is 3. The molecule has 1 fully saturated rings. The van der Waals surface area contributed by atoms with Gasteiger partial charge in [0.1, 0.15) is 11.4 Å². The summed E-state index contributed by atoms with van der Waals surface area (Å²) < 4.78 is 0. The van der Waals surface area contributed by atoms with E-state index in [1.807, 2.05) is 30.3 Å². The fraction of sp³-hybridized carbons (Fsp3) is 0.316. The van der Waals surface area contributed by atoms with Gasteiger partial charge in [0.15, 0.2) is 5.82 Å². The van der Waals surface area contributed by atoms with E-state index < -0.39 is 0 Å². The Morgan fingerprint density at radius 3 is 2.69 bits per heavy atom. The molecule has 2 aromatic heterocycles. The molecular formula is C19H18ClN5O. The van der Waals surface area contributed by atoms with Gasteiger partial charge in [-0.1, -0.05) is 23.7 Å².